The van der Waals surface area contributed by atoms with Crippen molar-refractivity contribution in [3.63, 3.8) is 0 Å². The first-order valence-electron chi connectivity index (χ1n) is 8.94. The number of hydrogen-bond donors (Lipinski definition) is 0. The normalized spacial score (nSPS) is 10.6. The molecule has 0 bridgehead atoms. The van der Waals surface area contributed by atoms with E-state index in [1.165, 1.54) is 0 Å². The van der Waals surface area contributed by atoms with Gasteiger partial charge in [-0.1, -0.05) is 48.5 Å². The number of likely N-dealkylation sites (N-methyl/N-ethyl adjacent to an activating group) is 1. The van der Waals surface area contributed by atoms with Crippen molar-refractivity contribution in [1.82, 2.24) is 9.80 Å². The topological polar surface area (TPSA) is 32.8 Å². The van der Waals surface area contributed by atoms with Crippen LogP contribution in [0.1, 0.15) is 18.1 Å². The van der Waals surface area contributed by atoms with Crippen LogP contribution in [0.2, 0.25) is 0 Å². The summed E-state index contributed by atoms with van der Waals surface area (Å²) < 4.78 is 5.20. The van der Waals surface area contributed by atoms with Crippen molar-refractivity contribution < 1.29 is 9.53 Å². The molecule has 0 saturated carbocycles. The molecule has 4 nitrogen and oxygen atoms in total. The molecule has 2 rings (SSSR count). The maximum absolute atomic E-state index is 12.8. The molecule has 4 heteroatoms. The Labute approximate surface area is 156 Å². The van der Waals surface area contributed by atoms with Crippen LogP contribution < -0.4 is 4.74 Å². The Balaban J connectivity index is 1.99. The Hall–Kier alpha value is -2.59. The van der Waals surface area contributed by atoms with Gasteiger partial charge in [0.05, 0.1) is 13.7 Å². The Kier molecular flexibility index (Phi) is 7.90. The van der Waals surface area contributed by atoms with Gasteiger partial charge in [0.25, 0.3) is 0 Å². The summed E-state index contributed by atoms with van der Waals surface area (Å²) in [5.41, 5.74) is 2.29. The minimum atomic E-state index is 0.131. The molecule has 0 atom stereocenters. The third kappa shape index (κ3) is 6.05. The average molecular weight is 352 g/mol. The quantitative estimate of drug-likeness (QED) is 0.611. The van der Waals surface area contributed by atoms with Crippen molar-refractivity contribution in [2.24, 2.45) is 0 Å². The number of ether oxygens (including phenoxy) is 1. The molecule has 26 heavy (non-hydrogen) atoms. The predicted molar refractivity (Wildman–Crippen MR) is 106 cm³/mol. The Bertz CT molecular complexity index is 683. The van der Waals surface area contributed by atoms with Gasteiger partial charge in [0, 0.05) is 26.2 Å². The minimum absolute atomic E-state index is 0.131. The molecule has 0 aliphatic carbocycles. The van der Waals surface area contributed by atoms with Crippen LogP contribution in [-0.4, -0.2) is 42.5 Å². The standard InChI is InChI=1S/C22H28N2O2/c1-4-15-23(16-20-11-13-21(26-3)14-12-20)18-22(25)24(5-2)17-19-9-7-6-8-10-19/h4,6-14H,1,5,15-18H2,2-3H3. The molecule has 0 heterocycles. The van der Waals surface area contributed by atoms with Crippen LogP contribution in [0.25, 0.3) is 0 Å². The number of hydrogen-bond acceptors (Lipinski definition) is 3. The molecule has 2 aromatic rings. The van der Waals surface area contributed by atoms with E-state index < -0.39 is 0 Å². The van der Waals surface area contributed by atoms with Gasteiger partial charge in [0.1, 0.15) is 5.75 Å². The molecule has 0 aliphatic heterocycles. The van der Waals surface area contributed by atoms with Crippen molar-refractivity contribution >= 4 is 5.91 Å². The lowest BCUT2D eigenvalue weighted by atomic mass is 10.2. The van der Waals surface area contributed by atoms with E-state index in [4.69, 9.17) is 4.74 Å². The lowest BCUT2D eigenvalue weighted by Gasteiger charge is -2.26. The van der Waals surface area contributed by atoms with Crippen LogP contribution in [0.5, 0.6) is 5.75 Å². The van der Waals surface area contributed by atoms with Gasteiger partial charge in [-0.15, -0.1) is 6.58 Å². The first-order chi connectivity index (χ1) is 12.7. The first-order valence-corrected chi connectivity index (χ1v) is 8.94. The zero-order chi connectivity index (χ0) is 18.8. The van der Waals surface area contributed by atoms with Gasteiger partial charge in [0.2, 0.25) is 5.91 Å². The highest BCUT2D eigenvalue weighted by atomic mass is 16.5. The van der Waals surface area contributed by atoms with Gasteiger partial charge in [-0.3, -0.25) is 9.69 Å². The molecule has 0 spiro atoms. The number of benzene rings is 2. The summed E-state index contributed by atoms with van der Waals surface area (Å²) in [5.74, 6) is 0.965. The molecule has 0 saturated heterocycles. The smallest absolute Gasteiger partial charge is 0.237 e. The summed E-state index contributed by atoms with van der Waals surface area (Å²) >= 11 is 0. The summed E-state index contributed by atoms with van der Waals surface area (Å²) in [6.07, 6.45) is 1.84. The zero-order valence-corrected chi connectivity index (χ0v) is 15.7. The van der Waals surface area contributed by atoms with Crippen molar-refractivity contribution in [1.29, 1.82) is 0 Å². The van der Waals surface area contributed by atoms with Crippen LogP contribution >= 0.6 is 0 Å². The van der Waals surface area contributed by atoms with Gasteiger partial charge >= 0.3 is 0 Å². The third-order valence-electron chi connectivity index (χ3n) is 4.26. The number of rotatable bonds is 10. The maximum Gasteiger partial charge on any atom is 0.237 e. The van der Waals surface area contributed by atoms with Gasteiger partial charge < -0.3 is 9.64 Å². The third-order valence-corrected chi connectivity index (χ3v) is 4.26. The van der Waals surface area contributed by atoms with Crippen LogP contribution in [0, 0.1) is 0 Å². The summed E-state index contributed by atoms with van der Waals surface area (Å²) in [6.45, 7) is 8.91. The average Bonchev–Trinajstić information content (AvgIpc) is 2.67. The van der Waals surface area contributed by atoms with Crippen LogP contribution in [-0.2, 0) is 17.9 Å². The summed E-state index contributed by atoms with van der Waals surface area (Å²) in [6, 6.07) is 18.0. The maximum atomic E-state index is 12.8. The monoisotopic (exact) mass is 352 g/mol. The second kappa shape index (κ2) is 10.4. The predicted octanol–water partition coefficient (Wildman–Crippen LogP) is 3.73. The highest BCUT2D eigenvalue weighted by Gasteiger charge is 2.16. The fourth-order valence-corrected chi connectivity index (χ4v) is 2.83. The van der Waals surface area contributed by atoms with E-state index >= 15 is 0 Å². The Morgan fingerprint density at radius 2 is 1.69 bits per heavy atom. The molecular formula is C22H28N2O2. The first kappa shape index (κ1) is 19.7. The highest BCUT2D eigenvalue weighted by Crippen LogP contribution is 2.13. The number of amides is 1. The van der Waals surface area contributed by atoms with Gasteiger partial charge in [-0.2, -0.15) is 0 Å². The van der Waals surface area contributed by atoms with E-state index in [1.54, 1.807) is 7.11 Å². The molecule has 138 valence electrons. The minimum Gasteiger partial charge on any atom is -0.497 e. The van der Waals surface area contributed by atoms with E-state index in [1.807, 2.05) is 60.4 Å². The highest BCUT2D eigenvalue weighted by molar-refractivity contribution is 5.78. The fraction of sp³-hybridized carbons (Fsp3) is 0.318. The lowest BCUT2D eigenvalue weighted by Crippen LogP contribution is -2.39. The molecule has 0 unspecified atom stereocenters. The second-order valence-corrected chi connectivity index (χ2v) is 6.20. The van der Waals surface area contributed by atoms with Crippen molar-refractivity contribution in [2.45, 2.75) is 20.0 Å². The molecular weight excluding hydrogens is 324 g/mol. The lowest BCUT2D eigenvalue weighted by molar-refractivity contribution is -0.132. The van der Waals surface area contributed by atoms with Crippen molar-refractivity contribution in [3.8, 4) is 5.75 Å². The molecule has 2 aromatic carbocycles. The summed E-state index contributed by atoms with van der Waals surface area (Å²) in [7, 11) is 1.66. The molecule has 0 radical (unpaired) electrons. The molecule has 0 aromatic heterocycles. The van der Waals surface area contributed by atoms with Gasteiger partial charge in [-0.05, 0) is 30.2 Å². The second-order valence-electron chi connectivity index (χ2n) is 6.20. The van der Waals surface area contributed by atoms with Gasteiger partial charge in [0.15, 0.2) is 0 Å². The van der Waals surface area contributed by atoms with E-state index in [-0.39, 0.29) is 5.91 Å². The van der Waals surface area contributed by atoms with E-state index in [0.29, 0.717) is 32.7 Å². The number of nitrogens with zero attached hydrogens (tertiary/aromatic N) is 2. The van der Waals surface area contributed by atoms with Crippen LogP contribution in [0.4, 0.5) is 0 Å². The molecule has 0 N–H and O–H groups in total. The number of methoxy groups -OCH3 is 1. The summed E-state index contributed by atoms with van der Waals surface area (Å²) in [5, 5.41) is 0. The van der Waals surface area contributed by atoms with Crippen LogP contribution in [0.15, 0.2) is 67.3 Å². The van der Waals surface area contributed by atoms with E-state index in [9.17, 15) is 4.79 Å². The van der Waals surface area contributed by atoms with Gasteiger partial charge in [-0.25, -0.2) is 0 Å². The van der Waals surface area contributed by atoms with Crippen molar-refractivity contribution in [2.75, 3.05) is 26.7 Å². The SMILES string of the molecule is C=CCN(CC(=O)N(CC)Cc1ccccc1)Cc1ccc(OC)cc1. The molecule has 0 fully saturated rings. The fourth-order valence-electron chi connectivity index (χ4n) is 2.83. The van der Waals surface area contributed by atoms with E-state index in [2.05, 4.69) is 23.6 Å². The largest absolute Gasteiger partial charge is 0.497 e. The Morgan fingerprint density at radius 3 is 2.27 bits per heavy atom. The summed E-state index contributed by atoms with van der Waals surface area (Å²) in [4.78, 5) is 16.8. The van der Waals surface area contributed by atoms with E-state index in [0.717, 1.165) is 16.9 Å². The number of carbonyl (C=O) groups is 1. The number of carbonyl (C=O) groups excluding carboxylic acids is 1. The zero-order valence-electron chi connectivity index (χ0n) is 15.7. The Morgan fingerprint density at radius 1 is 1.04 bits per heavy atom. The molecule has 0 aliphatic rings. The van der Waals surface area contributed by atoms with Crippen molar-refractivity contribution in [3.05, 3.63) is 78.4 Å². The van der Waals surface area contributed by atoms with Crippen LogP contribution in [0.3, 0.4) is 0 Å². The molecule has 1 amide bonds.